The molecular formula is C13H9Cl2NO4S. The van der Waals surface area contributed by atoms with Crippen LogP contribution in [0.3, 0.4) is 0 Å². The molecule has 0 saturated carbocycles. The quantitative estimate of drug-likeness (QED) is 0.888. The fourth-order valence-corrected chi connectivity index (χ4v) is 3.11. The summed E-state index contributed by atoms with van der Waals surface area (Å²) in [5.41, 5.74) is -0.263. The molecule has 8 heteroatoms. The summed E-state index contributed by atoms with van der Waals surface area (Å²) >= 11 is 11.7. The lowest BCUT2D eigenvalue weighted by Gasteiger charge is -2.11. The van der Waals surface area contributed by atoms with Crippen molar-refractivity contribution in [1.29, 1.82) is 0 Å². The molecular weight excluding hydrogens is 337 g/mol. The lowest BCUT2D eigenvalue weighted by molar-refractivity contribution is 0.0697. The number of rotatable bonds is 4. The highest BCUT2D eigenvalue weighted by Gasteiger charge is 2.18. The minimum Gasteiger partial charge on any atom is -0.478 e. The van der Waals surface area contributed by atoms with Gasteiger partial charge in [0, 0.05) is 0 Å². The van der Waals surface area contributed by atoms with Gasteiger partial charge >= 0.3 is 5.97 Å². The number of aromatic carboxylic acids is 1. The van der Waals surface area contributed by atoms with Crippen molar-refractivity contribution in [2.45, 2.75) is 4.90 Å². The van der Waals surface area contributed by atoms with Crippen molar-refractivity contribution in [1.82, 2.24) is 0 Å². The summed E-state index contributed by atoms with van der Waals surface area (Å²) in [6, 6.07) is 9.86. The SMILES string of the molecule is O=C(O)c1cc(Cl)c(Cl)c(NS(=O)(=O)c2ccccc2)c1. The van der Waals surface area contributed by atoms with E-state index in [0.717, 1.165) is 12.1 Å². The molecule has 0 atom stereocenters. The van der Waals surface area contributed by atoms with Crippen LogP contribution in [0, 0.1) is 0 Å². The topological polar surface area (TPSA) is 83.5 Å². The Kier molecular flexibility index (Phi) is 4.41. The van der Waals surface area contributed by atoms with E-state index in [4.69, 9.17) is 28.3 Å². The first-order valence-corrected chi connectivity index (χ1v) is 7.85. The normalized spacial score (nSPS) is 11.1. The molecule has 2 aromatic rings. The van der Waals surface area contributed by atoms with Crippen LogP contribution in [0.15, 0.2) is 47.4 Å². The fourth-order valence-electron chi connectivity index (χ4n) is 1.59. The summed E-state index contributed by atoms with van der Waals surface area (Å²) in [6.45, 7) is 0. The van der Waals surface area contributed by atoms with E-state index in [2.05, 4.69) is 4.72 Å². The summed E-state index contributed by atoms with van der Waals surface area (Å²) in [5.74, 6) is -1.24. The van der Waals surface area contributed by atoms with Gasteiger partial charge in [-0.2, -0.15) is 0 Å². The van der Waals surface area contributed by atoms with Crippen LogP contribution >= 0.6 is 23.2 Å². The number of carboxylic acid groups (broad SMARTS) is 1. The highest BCUT2D eigenvalue weighted by atomic mass is 35.5. The van der Waals surface area contributed by atoms with Crippen LogP contribution in [-0.4, -0.2) is 19.5 Å². The van der Waals surface area contributed by atoms with E-state index in [1.54, 1.807) is 18.2 Å². The van der Waals surface area contributed by atoms with Gasteiger partial charge in [-0.3, -0.25) is 4.72 Å². The first-order chi connectivity index (χ1) is 9.81. The van der Waals surface area contributed by atoms with Crippen LogP contribution in [-0.2, 0) is 10.0 Å². The van der Waals surface area contributed by atoms with E-state index < -0.39 is 16.0 Å². The van der Waals surface area contributed by atoms with Gasteiger partial charge in [0.25, 0.3) is 10.0 Å². The first kappa shape index (κ1) is 15.6. The zero-order chi connectivity index (χ0) is 15.6. The smallest absolute Gasteiger partial charge is 0.335 e. The van der Waals surface area contributed by atoms with Crippen molar-refractivity contribution in [2.75, 3.05) is 4.72 Å². The van der Waals surface area contributed by atoms with Crippen LogP contribution < -0.4 is 4.72 Å². The maximum Gasteiger partial charge on any atom is 0.335 e. The predicted molar refractivity (Wildman–Crippen MR) is 80.7 cm³/mol. The molecule has 5 nitrogen and oxygen atoms in total. The van der Waals surface area contributed by atoms with E-state index in [1.165, 1.54) is 12.1 Å². The van der Waals surface area contributed by atoms with E-state index in [9.17, 15) is 13.2 Å². The maximum absolute atomic E-state index is 12.2. The molecule has 2 aromatic carbocycles. The molecule has 0 heterocycles. The minimum absolute atomic E-state index is 0.0258. The highest BCUT2D eigenvalue weighted by molar-refractivity contribution is 7.92. The molecule has 21 heavy (non-hydrogen) atoms. The van der Waals surface area contributed by atoms with Gasteiger partial charge in [0.05, 0.1) is 26.2 Å². The van der Waals surface area contributed by atoms with Crippen molar-refractivity contribution < 1.29 is 18.3 Å². The molecule has 0 bridgehead atoms. The van der Waals surface area contributed by atoms with Crippen molar-refractivity contribution in [3.8, 4) is 0 Å². The molecule has 0 aromatic heterocycles. The molecule has 110 valence electrons. The van der Waals surface area contributed by atoms with Crippen molar-refractivity contribution >= 4 is 44.9 Å². The largest absolute Gasteiger partial charge is 0.478 e. The number of carboxylic acids is 1. The van der Waals surface area contributed by atoms with Gasteiger partial charge in [-0.25, -0.2) is 13.2 Å². The number of benzene rings is 2. The molecule has 0 aliphatic carbocycles. The summed E-state index contributed by atoms with van der Waals surface area (Å²) in [7, 11) is -3.88. The van der Waals surface area contributed by atoms with Crippen LogP contribution in [0.4, 0.5) is 5.69 Å². The highest BCUT2D eigenvalue weighted by Crippen LogP contribution is 2.33. The second-order valence-electron chi connectivity index (χ2n) is 4.04. The van der Waals surface area contributed by atoms with Gasteiger partial charge in [0.2, 0.25) is 0 Å². The molecule has 0 spiro atoms. The van der Waals surface area contributed by atoms with E-state index >= 15 is 0 Å². The van der Waals surface area contributed by atoms with Gasteiger partial charge in [0.15, 0.2) is 0 Å². The summed E-state index contributed by atoms with van der Waals surface area (Å²) < 4.78 is 26.6. The minimum atomic E-state index is -3.88. The Hall–Kier alpha value is -1.76. The van der Waals surface area contributed by atoms with Crippen LogP contribution in [0.1, 0.15) is 10.4 Å². The molecule has 0 radical (unpaired) electrons. The Balaban J connectivity index is 2.47. The van der Waals surface area contributed by atoms with Gasteiger partial charge in [-0.15, -0.1) is 0 Å². The molecule has 0 aliphatic rings. The number of hydrogen-bond donors (Lipinski definition) is 2. The molecule has 0 fully saturated rings. The molecule has 2 rings (SSSR count). The Labute approximate surface area is 131 Å². The number of nitrogens with one attached hydrogen (secondary N) is 1. The van der Waals surface area contributed by atoms with Gasteiger partial charge < -0.3 is 5.11 Å². The summed E-state index contributed by atoms with van der Waals surface area (Å²) in [5, 5.41) is 8.84. The number of sulfonamides is 1. The van der Waals surface area contributed by atoms with Gasteiger partial charge in [-0.1, -0.05) is 41.4 Å². The average molecular weight is 346 g/mol. The van der Waals surface area contributed by atoms with Crippen LogP contribution in [0.5, 0.6) is 0 Å². The zero-order valence-electron chi connectivity index (χ0n) is 10.4. The molecule has 0 aliphatic heterocycles. The Morgan fingerprint density at radius 3 is 2.29 bits per heavy atom. The summed E-state index contributed by atoms with van der Waals surface area (Å²) in [6.07, 6.45) is 0. The van der Waals surface area contributed by atoms with E-state index in [-0.39, 0.29) is 26.2 Å². The average Bonchev–Trinajstić information content (AvgIpc) is 2.44. The third kappa shape index (κ3) is 3.47. The van der Waals surface area contributed by atoms with Crippen molar-refractivity contribution in [3.05, 3.63) is 58.1 Å². The van der Waals surface area contributed by atoms with Crippen molar-refractivity contribution in [2.24, 2.45) is 0 Å². The second-order valence-corrected chi connectivity index (χ2v) is 6.51. The number of anilines is 1. The standard InChI is InChI=1S/C13H9Cl2NO4S/c14-10-6-8(13(17)18)7-11(12(10)15)16-21(19,20)9-4-2-1-3-5-9/h1-7,16H,(H,17,18). The van der Waals surface area contributed by atoms with E-state index in [0.29, 0.717) is 0 Å². The Morgan fingerprint density at radius 2 is 1.71 bits per heavy atom. The van der Waals surface area contributed by atoms with Gasteiger partial charge in [0.1, 0.15) is 0 Å². The van der Waals surface area contributed by atoms with Gasteiger partial charge in [-0.05, 0) is 24.3 Å². The first-order valence-electron chi connectivity index (χ1n) is 5.61. The number of hydrogen-bond acceptors (Lipinski definition) is 3. The third-order valence-electron chi connectivity index (χ3n) is 2.57. The monoisotopic (exact) mass is 345 g/mol. The van der Waals surface area contributed by atoms with E-state index in [1.807, 2.05) is 0 Å². The maximum atomic E-state index is 12.2. The number of carbonyl (C=O) groups is 1. The third-order valence-corrected chi connectivity index (χ3v) is 4.76. The lowest BCUT2D eigenvalue weighted by Crippen LogP contribution is -2.13. The predicted octanol–water partition coefficient (Wildman–Crippen LogP) is 3.49. The molecule has 0 amide bonds. The van der Waals surface area contributed by atoms with Crippen molar-refractivity contribution in [3.63, 3.8) is 0 Å². The Bertz CT molecular complexity index is 791. The van der Waals surface area contributed by atoms with Crippen LogP contribution in [0.25, 0.3) is 0 Å². The zero-order valence-corrected chi connectivity index (χ0v) is 12.7. The molecule has 0 saturated heterocycles. The molecule has 0 unspecified atom stereocenters. The van der Waals surface area contributed by atoms with Crippen LogP contribution in [0.2, 0.25) is 10.0 Å². The summed E-state index contributed by atoms with van der Waals surface area (Å²) in [4.78, 5) is 11.0. The fraction of sp³-hybridized carbons (Fsp3) is 0. The second kappa shape index (κ2) is 5.93. The Morgan fingerprint density at radius 1 is 1.10 bits per heavy atom. The molecule has 2 N–H and O–H groups in total. The number of halogens is 2. The lowest BCUT2D eigenvalue weighted by atomic mass is 10.2.